The number of carbonyl (C=O) groups is 2. The van der Waals surface area contributed by atoms with E-state index in [1.807, 2.05) is 69.3 Å². The van der Waals surface area contributed by atoms with Crippen molar-refractivity contribution in [2.45, 2.75) is 71.4 Å². The second-order valence-electron chi connectivity index (χ2n) is 12.1. The van der Waals surface area contributed by atoms with Crippen LogP contribution in [0.25, 0.3) is 10.8 Å². The molecule has 10 heteroatoms. The number of aromatic amines is 1. The van der Waals surface area contributed by atoms with Crippen LogP contribution in [0.3, 0.4) is 0 Å². The topological polar surface area (TPSA) is 133 Å². The van der Waals surface area contributed by atoms with Gasteiger partial charge in [0.05, 0.1) is 24.4 Å². The molecule has 48 heavy (non-hydrogen) atoms. The number of amides is 2. The Balaban J connectivity index is 1.21. The molecule has 0 spiro atoms. The van der Waals surface area contributed by atoms with Gasteiger partial charge in [0.15, 0.2) is 0 Å². The van der Waals surface area contributed by atoms with Gasteiger partial charge in [-0.25, -0.2) is 4.98 Å². The first-order chi connectivity index (χ1) is 23.4. The van der Waals surface area contributed by atoms with Gasteiger partial charge in [0.2, 0.25) is 5.91 Å². The maximum Gasteiger partial charge on any atom is 0.251 e. The SMILES string of the molecule is CC(C)Oc1cccnc1CNCCC[C@H](NC(=O)c1ccc(CNCc2ncc[nH]2)cc1)C(=O)NC(C)c1cccc2ccccc12. The highest BCUT2D eigenvalue weighted by Gasteiger charge is 2.23. The summed E-state index contributed by atoms with van der Waals surface area (Å²) in [6.45, 7) is 8.37. The van der Waals surface area contributed by atoms with E-state index in [4.69, 9.17) is 4.74 Å². The molecule has 2 heterocycles. The first-order valence-corrected chi connectivity index (χ1v) is 16.6. The second kappa shape index (κ2) is 17.2. The summed E-state index contributed by atoms with van der Waals surface area (Å²) in [5.74, 6) is 1.10. The van der Waals surface area contributed by atoms with E-state index in [-0.39, 0.29) is 24.0 Å². The molecular formula is C38H45N7O3. The number of pyridine rings is 1. The molecule has 0 aliphatic rings. The third-order valence-corrected chi connectivity index (χ3v) is 8.01. The third kappa shape index (κ3) is 9.73. The van der Waals surface area contributed by atoms with Gasteiger partial charge in [-0.15, -0.1) is 0 Å². The number of nitrogens with one attached hydrogen (secondary N) is 5. The molecule has 2 aromatic heterocycles. The fraction of sp³-hybridized carbons (Fsp3) is 0.316. The molecule has 5 aromatic rings. The summed E-state index contributed by atoms with van der Waals surface area (Å²) < 4.78 is 5.89. The van der Waals surface area contributed by atoms with Crippen LogP contribution in [0.1, 0.15) is 72.7 Å². The maximum absolute atomic E-state index is 13.7. The van der Waals surface area contributed by atoms with Crippen molar-refractivity contribution >= 4 is 22.6 Å². The highest BCUT2D eigenvalue weighted by Crippen LogP contribution is 2.24. The quantitative estimate of drug-likeness (QED) is 0.0833. The summed E-state index contributed by atoms with van der Waals surface area (Å²) >= 11 is 0. The Bertz CT molecular complexity index is 1750. The van der Waals surface area contributed by atoms with E-state index in [0.717, 1.165) is 39.2 Å². The summed E-state index contributed by atoms with van der Waals surface area (Å²) in [4.78, 5) is 38.9. The van der Waals surface area contributed by atoms with E-state index >= 15 is 0 Å². The average molecular weight is 648 g/mol. The number of nitrogens with zero attached hydrogens (tertiary/aromatic N) is 2. The zero-order valence-electron chi connectivity index (χ0n) is 27.8. The molecule has 5 N–H and O–H groups in total. The Hall–Kier alpha value is -5.06. The van der Waals surface area contributed by atoms with Crippen molar-refractivity contribution in [1.29, 1.82) is 0 Å². The van der Waals surface area contributed by atoms with E-state index in [1.165, 1.54) is 0 Å². The second-order valence-corrected chi connectivity index (χ2v) is 12.1. The van der Waals surface area contributed by atoms with Crippen LogP contribution in [-0.4, -0.2) is 45.5 Å². The minimum Gasteiger partial charge on any atom is -0.489 e. The number of rotatable bonds is 17. The van der Waals surface area contributed by atoms with E-state index < -0.39 is 6.04 Å². The molecule has 0 aliphatic heterocycles. The Morgan fingerprint density at radius 1 is 0.812 bits per heavy atom. The van der Waals surface area contributed by atoms with Crippen molar-refractivity contribution in [2.24, 2.45) is 0 Å². The highest BCUT2D eigenvalue weighted by atomic mass is 16.5. The van der Waals surface area contributed by atoms with Gasteiger partial charge in [0, 0.05) is 37.2 Å². The van der Waals surface area contributed by atoms with Gasteiger partial charge in [-0.2, -0.15) is 0 Å². The molecule has 0 bridgehead atoms. The molecule has 5 rings (SSSR count). The van der Waals surface area contributed by atoms with Crippen LogP contribution < -0.4 is 26.0 Å². The van der Waals surface area contributed by atoms with Gasteiger partial charge in [-0.1, -0.05) is 54.6 Å². The largest absolute Gasteiger partial charge is 0.489 e. The lowest BCUT2D eigenvalue weighted by molar-refractivity contribution is -0.123. The standard InChI is InChI=1S/C38H45N7O3/c1-26(2)48-35-14-8-20-41-34(35)24-39-19-7-13-33(38(47)44-27(3)31-12-6-10-29-9-4-5-11-32(29)31)45-37(46)30-17-15-28(16-18-30)23-40-25-36-42-21-22-43-36/h4-6,8-12,14-18,20-22,26-27,33,39-40H,7,13,19,23-25H2,1-3H3,(H,42,43)(H,44,47)(H,45,46)/t27?,33-/m0/s1. The van der Waals surface area contributed by atoms with Gasteiger partial charge in [0.25, 0.3) is 5.91 Å². The number of carbonyl (C=O) groups excluding carboxylic acids is 2. The first kappa shape index (κ1) is 34.3. The van der Waals surface area contributed by atoms with Crippen molar-refractivity contribution in [3.8, 4) is 5.75 Å². The predicted octanol–water partition coefficient (Wildman–Crippen LogP) is 5.58. The minimum atomic E-state index is -0.721. The number of benzene rings is 3. The number of H-pyrrole nitrogens is 1. The summed E-state index contributed by atoms with van der Waals surface area (Å²) in [5.41, 5.74) is 3.39. The van der Waals surface area contributed by atoms with Crippen LogP contribution in [0, 0.1) is 0 Å². The van der Waals surface area contributed by atoms with Crippen LogP contribution in [-0.2, 0) is 24.4 Å². The molecule has 0 aliphatic carbocycles. The fourth-order valence-corrected chi connectivity index (χ4v) is 5.58. The van der Waals surface area contributed by atoms with E-state index in [9.17, 15) is 9.59 Å². The summed E-state index contributed by atoms with van der Waals surface area (Å²) in [6.07, 6.45) is 6.43. The zero-order valence-corrected chi connectivity index (χ0v) is 27.8. The van der Waals surface area contributed by atoms with Crippen molar-refractivity contribution in [3.05, 3.63) is 126 Å². The van der Waals surface area contributed by atoms with Crippen molar-refractivity contribution in [1.82, 2.24) is 36.2 Å². The molecule has 0 fully saturated rings. The predicted molar refractivity (Wildman–Crippen MR) is 188 cm³/mol. The molecule has 1 unspecified atom stereocenters. The van der Waals surface area contributed by atoms with Gasteiger partial charge >= 0.3 is 0 Å². The molecule has 250 valence electrons. The van der Waals surface area contributed by atoms with Gasteiger partial charge in [-0.05, 0) is 86.3 Å². The van der Waals surface area contributed by atoms with Crippen LogP contribution in [0.5, 0.6) is 5.75 Å². The maximum atomic E-state index is 13.7. The van der Waals surface area contributed by atoms with E-state index in [2.05, 4.69) is 54.4 Å². The van der Waals surface area contributed by atoms with Crippen molar-refractivity contribution in [3.63, 3.8) is 0 Å². The molecule has 0 saturated heterocycles. The first-order valence-electron chi connectivity index (χ1n) is 16.6. The van der Waals surface area contributed by atoms with E-state index in [0.29, 0.717) is 44.6 Å². The molecule has 2 atom stereocenters. The molecule has 2 amide bonds. The van der Waals surface area contributed by atoms with Crippen LogP contribution in [0.2, 0.25) is 0 Å². The zero-order chi connectivity index (χ0) is 33.7. The van der Waals surface area contributed by atoms with Crippen molar-refractivity contribution in [2.75, 3.05) is 6.54 Å². The third-order valence-electron chi connectivity index (χ3n) is 8.01. The Kier molecular flexibility index (Phi) is 12.3. The highest BCUT2D eigenvalue weighted by molar-refractivity contribution is 5.97. The Morgan fingerprint density at radius 2 is 1.62 bits per heavy atom. The lowest BCUT2D eigenvalue weighted by Crippen LogP contribution is -2.47. The summed E-state index contributed by atoms with van der Waals surface area (Å²) in [6, 6.07) is 24.4. The number of fused-ring (bicyclic) bond motifs is 1. The Morgan fingerprint density at radius 3 is 2.42 bits per heavy atom. The number of ether oxygens (including phenoxy) is 1. The molecule has 10 nitrogen and oxygen atoms in total. The number of imidazole rings is 1. The number of aromatic nitrogens is 3. The normalized spacial score (nSPS) is 12.5. The van der Waals surface area contributed by atoms with Crippen LogP contribution >= 0.6 is 0 Å². The minimum absolute atomic E-state index is 0.0484. The van der Waals surface area contributed by atoms with Crippen molar-refractivity contribution < 1.29 is 14.3 Å². The molecular weight excluding hydrogens is 602 g/mol. The Labute approximate surface area is 282 Å². The van der Waals surface area contributed by atoms with Crippen LogP contribution in [0.15, 0.2) is 97.5 Å². The van der Waals surface area contributed by atoms with Crippen LogP contribution in [0.4, 0.5) is 0 Å². The summed E-state index contributed by atoms with van der Waals surface area (Å²) in [5, 5.41) is 15.1. The molecule has 0 saturated carbocycles. The van der Waals surface area contributed by atoms with Gasteiger partial charge < -0.3 is 31.0 Å². The van der Waals surface area contributed by atoms with Gasteiger partial charge in [-0.3, -0.25) is 14.6 Å². The smallest absolute Gasteiger partial charge is 0.251 e. The number of hydrogen-bond acceptors (Lipinski definition) is 7. The van der Waals surface area contributed by atoms with E-state index in [1.54, 1.807) is 30.7 Å². The fourth-order valence-electron chi connectivity index (χ4n) is 5.58. The lowest BCUT2D eigenvalue weighted by atomic mass is 9.99. The lowest BCUT2D eigenvalue weighted by Gasteiger charge is -2.23. The summed E-state index contributed by atoms with van der Waals surface area (Å²) in [7, 11) is 0. The average Bonchev–Trinajstić information content (AvgIpc) is 3.61. The molecule has 0 radical (unpaired) electrons. The monoisotopic (exact) mass is 647 g/mol. The van der Waals surface area contributed by atoms with Gasteiger partial charge in [0.1, 0.15) is 17.6 Å². The number of hydrogen-bond donors (Lipinski definition) is 5. The molecule has 3 aromatic carbocycles.